The molecule has 0 bridgehead atoms. The van der Waals surface area contributed by atoms with Gasteiger partial charge in [0, 0.05) is 35.7 Å². The first-order valence-corrected chi connectivity index (χ1v) is 11.3. The number of nitrogens with zero attached hydrogens (tertiary/aromatic N) is 2. The Labute approximate surface area is 191 Å². The number of halogens is 1. The van der Waals surface area contributed by atoms with Crippen molar-refractivity contribution in [1.82, 2.24) is 15.0 Å². The summed E-state index contributed by atoms with van der Waals surface area (Å²) >= 11 is 7.75. The lowest BCUT2D eigenvalue weighted by Gasteiger charge is -2.16. The first kappa shape index (κ1) is 23.3. The summed E-state index contributed by atoms with van der Waals surface area (Å²) in [4.78, 5) is 24.5. The van der Waals surface area contributed by atoms with E-state index in [4.69, 9.17) is 26.1 Å². The van der Waals surface area contributed by atoms with E-state index >= 15 is 0 Å². The molecule has 3 aromatic rings. The van der Waals surface area contributed by atoms with Crippen LogP contribution in [0.25, 0.3) is 0 Å². The molecule has 1 aromatic carbocycles. The van der Waals surface area contributed by atoms with Crippen LogP contribution in [0.1, 0.15) is 49.9 Å². The summed E-state index contributed by atoms with van der Waals surface area (Å²) in [7, 11) is 0. The third kappa shape index (κ3) is 7.09. The molecule has 0 aliphatic rings. The van der Waals surface area contributed by atoms with Crippen molar-refractivity contribution < 1.29 is 14.3 Å². The number of imidazole rings is 1. The SMILES string of the molecule is CC(=O)OCCOC(Cc1ccncc1)c1nc(C(C)C)c(Sc2cccc(Cl)c2)[nH]1. The van der Waals surface area contributed by atoms with Crippen molar-refractivity contribution in [3.05, 3.63) is 70.9 Å². The molecule has 0 fully saturated rings. The molecule has 31 heavy (non-hydrogen) atoms. The number of aromatic nitrogens is 3. The van der Waals surface area contributed by atoms with Gasteiger partial charge in [0.15, 0.2) is 0 Å². The highest BCUT2D eigenvalue weighted by molar-refractivity contribution is 7.99. The van der Waals surface area contributed by atoms with E-state index < -0.39 is 0 Å². The molecule has 2 aromatic heterocycles. The fraction of sp³-hybridized carbons (Fsp3) is 0.348. The van der Waals surface area contributed by atoms with Crippen molar-refractivity contribution in [3.63, 3.8) is 0 Å². The van der Waals surface area contributed by atoms with Crippen molar-refractivity contribution in [2.45, 2.75) is 49.1 Å². The predicted octanol–water partition coefficient (Wildman–Crippen LogP) is 5.60. The molecule has 0 amide bonds. The molecule has 1 N–H and O–H groups in total. The van der Waals surface area contributed by atoms with Crippen LogP contribution in [-0.4, -0.2) is 34.1 Å². The third-order valence-electron chi connectivity index (χ3n) is 4.46. The Bertz CT molecular complexity index is 995. The normalized spacial score (nSPS) is 12.2. The molecule has 2 heterocycles. The van der Waals surface area contributed by atoms with Gasteiger partial charge < -0.3 is 14.5 Å². The minimum absolute atomic E-state index is 0.198. The van der Waals surface area contributed by atoms with Crippen LogP contribution < -0.4 is 0 Å². The van der Waals surface area contributed by atoms with Gasteiger partial charge in [0.1, 0.15) is 23.6 Å². The highest BCUT2D eigenvalue weighted by Crippen LogP contribution is 2.35. The minimum atomic E-state index is -0.324. The number of esters is 1. The summed E-state index contributed by atoms with van der Waals surface area (Å²) < 4.78 is 11.1. The van der Waals surface area contributed by atoms with E-state index in [1.807, 2.05) is 36.4 Å². The van der Waals surface area contributed by atoms with Crippen LogP contribution >= 0.6 is 23.4 Å². The predicted molar refractivity (Wildman–Crippen MR) is 122 cm³/mol. The number of aromatic amines is 1. The average molecular weight is 460 g/mol. The van der Waals surface area contributed by atoms with Crippen LogP contribution in [-0.2, 0) is 20.7 Å². The number of pyridine rings is 1. The number of rotatable bonds is 10. The highest BCUT2D eigenvalue weighted by atomic mass is 35.5. The van der Waals surface area contributed by atoms with E-state index in [-0.39, 0.29) is 31.2 Å². The number of H-pyrrole nitrogens is 1. The maximum Gasteiger partial charge on any atom is 0.302 e. The van der Waals surface area contributed by atoms with Crippen molar-refractivity contribution in [3.8, 4) is 0 Å². The van der Waals surface area contributed by atoms with E-state index in [2.05, 4.69) is 23.8 Å². The van der Waals surface area contributed by atoms with Crippen LogP contribution in [0, 0.1) is 0 Å². The second-order valence-corrected chi connectivity index (χ2v) is 8.83. The number of hydrogen-bond acceptors (Lipinski definition) is 6. The fourth-order valence-corrected chi connectivity index (χ4v) is 4.37. The van der Waals surface area contributed by atoms with Gasteiger partial charge in [-0.25, -0.2) is 4.98 Å². The lowest BCUT2D eigenvalue weighted by Crippen LogP contribution is -2.15. The number of nitrogens with one attached hydrogen (secondary N) is 1. The van der Waals surface area contributed by atoms with Gasteiger partial charge in [0.25, 0.3) is 0 Å². The summed E-state index contributed by atoms with van der Waals surface area (Å²) in [6.07, 6.45) is 3.82. The van der Waals surface area contributed by atoms with Gasteiger partial charge in [-0.15, -0.1) is 0 Å². The topological polar surface area (TPSA) is 77.1 Å². The quantitative estimate of drug-likeness (QED) is 0.314. The molecule has 0 saturated carbocycles. The summed E-state index contributed by atoms with van der Waals surface area (Å²) in [5, 5.41) is 1.66. The molecule has 0 aliphatic heterocycles. The molecule has 0 radical (unpaired) electrons. The molecule has 164 valence electrons. The number of benzene rings is 1. The maximum absolute atomic E-state index is 11.1. The number of carbonyl (C=O) groups is 1. The van der Waals surface area contributed by atoms with E-state index in [1.165, 1.54) is 6.92 Å². The summed E-state index contributed by atoms with van der Waals surface area (Å²) in [5.41, 5.74) is 2.06. The molecular formula is C23H26ClN3O3S. The largest absolute Gasteiger partial charge is 0.463 e. The zero-order chi connectivity index (χ0) is 22.2. The Morgan fingerprint density at radius 1 is 1.19 bits per heavy atom. The van der Waals surface area contributed by atoms with Crippen LogP contribution in [0.3, 0.4) is 0 Å². The average Bonchev–Trinajstić information content (AvgIpc) is 3.15. The van der Waals surface area contributed by atoms with E-state index in [0.717, 1.165) is 27.0 Å². The highest BCUT2D eigenvalue weighted by Gasteiger charge is 2.22. The molecular weight excluding hydrogens is 434 g/mol. The molecule has 0 saturated heterocycles. The van der Waals surface area contributed by atoms with Crippen molar-refractivity contribution in [2.24, 2.45) is 0 Å². The molecule has 1 unspecified atom stereocenters. The fourth-order valence-electron chi connectivity index (χ4n) is 3.00. The lowest BCUT2D eigenvalue weighted by molar-refractivity contribution is -0.143. The minimum Gasteiger partial charge on any atom is -0.463 e. The third-order valence-corrected chi connectivity index (χ3v) is 5.70. The van der Waals surface area contributed by atoms with Crippen LogP contribution in [0.15, 0.2) is 58.7 Å². The second-order valence-electron chi connectivity index (χ2n) is 7.31. The van der Waals surface area contributed by atoms with E-state index in [9.17, 15) is 4.79 Å². The maximum atomic E-state index is 11.1. The van der Waals surface area contributed by atoms with Crippen LogP contribution in [0.5, 0.6) is 0 Å². The van der Waals surface area contributed by atoms with Crippen LogP contribution in [0.4, 0.5) is 0 Å². The van der Waals surface area contributed by atoms with Gasteiger partial charge in [-0.2, -0.15) is 0 Å². The smallest absolute Gasteiger partial charge is 0.302 e. The number of hydrogen-bond donors (Lipinski definition) is 1. The van der Waals surface area contributed by atoms with Crippen molar-refractivity contribution >= 4 is 29.3 Å². The Morgan fingerprint density at radius 3 is 2.65 bits per heavy atom. The summed E-state index contributed by atoms with van der Waals surface area (Å²) in [6.45, 7) is 6.09. The zero-order valence-corrected chi connectivity index (χ0v) is 19.4. The monoisotopic (exact) mass is 459 g/mol. The molecule has 3 rings (SSSR count). The lowest BCUT2D eigenvalue weighted by atomic mass is 10.1. The summed E-state index contributed by atoms with van der Waals surface area (Å²) in [6, 6.07) is 11.6. The second kappa shape index (κ2) is 11.3. The van der Waals surface area contributed by atoms with E-state index in [1.54, 1.807) is 24.2 Å². The van der Waals surface area contributed by atoms with Gasteiger partial charge in [0.2, 0.25) is 0 Å². The molecule has 0 spiro atoms. The number of carbonyl (C=O) groups excluding carboxylic acids is 1. The van der Waals surface area contributed by atoms with E-state index in [0.29, 0.717) is 11.4 Å². The Balaban J connectivity index is 1.84. The molecule has 6 nitrogen and oxygen atoms in total. The molecule has 0 aliphatic carbocycles. The summed E-state index contributed by atoms with van der Waals surface area (Å²) in [5.74, 6) is 0.650. The molecule has 8 heteroatoms. The first-order valence-electron chi connectivity index (χ1n) is 10.1. The molecule has 1 atom stereocenters. The van der Waals surface area contributed by atoms with Gasteiger partial charge in [-0.1, -0.05) is 43.3 Å². The van der Waals surface area contributed by atoms with Crippen molar-refractivity contribution in [1.29, 1.82) is 0 Å². The zero-order valence-electron chi connectivity index (χ0n) is 17.8. The Kier molecular flexibility index (Phi) is 8.51. The van der Waals surface area contributed by atoms with Crippen LogP contribution in [0.2, 0.25) is 5.02 Å². The Hall–Kier alpha value is -2.35. The Morgan fingerprint density at radius 2 is 1.97 bits per heavy atom. The number of ether oxygens (including phenoxy) is 2. The first-order chi connectivity index (χ1) is 14.9. The van der Waals surface area contributed by atoms with Gasteiger partial charge in [0.05, 0.1) is 12.3 Å². The van der Waals surface area contributed by atoms with Crippen molar-refractivity contribution in [2.75, 3.05) is 13.2 Å². The van der Waals surface area contributed by atoms with Gasteiger partial charge in [-0.05, 0) is 41.8 Å². The standard InChI is InChI=1S/C23H26ClN3O3S/c1-15(2)21-23(31-19-6-4-5-18(24)14-19)27-22(26-21)20(30-12-11-29-16(3)28)13-17-7-9-25-10-8-17/h4-10,14-15,20H,11-13H2,1-3H3,(H,26,27). The van der Waals surface area contributed by atoms with Gasteiger partial charge in [-0.3, -0.25) is 9.78 Å². The van der Waals surface area contributed by atoms with Gasteiger partial charge >= 0.3 is 5.97 Å².